The summed E-state index contributed by atoms with van der Waals surface area (Å²) >= 11 is 0. The van der Waals surface area contributed by atoms with Crippen LogP contribution in [0.15, 0.2) is 0 Å². The highest BCUT2D eigenvalue weighted by molar-refractivity contribution is 5.95. The Morgan fingerprint density at radius 2 is 1.88 bits per heavy atom. The van der Waals surface area contributed by atoms with Crippen molar-refractivity contribution in [1.82, 2.24) is 0 Å². The molecule has 0 aromatic heterocycles. The maximum Gasteiger partial charge on any atom is 0.313 e. The van der Waals surface area contributed by atoms with Crippen LogP contribution in [0.4, 0.5) is 0 Å². The lowest BCUT2D eigenvalue weighted by molar-refractivity contribution is -0.145. The van der Waals surface area contributed by atoms with E-state index in [0.717, 1.165) is 6.42 Å². The van der Waals surface area contributed by atoms with Gasteiger partial charge in [0.05, 0.1) is 6.61 Å². The van der Waals surface area contributed by atoms with Gasteiger partial charge in [0.2, 0.25) is 0 Å². The molecule has 92 valence electrons. The fraction of sp³-hybridized carbons (Fsp3) is 0.846. The highest BCUT2D eigenvalue weighted by Gasteiger charge is 2.16. The quantitative estimate of drug-likeness (QED) is 0.516. The monoisotopic (exact) mass is 226 g/mol. The molecule has 0 unspecified atom stereocenters. The Bertz CT molecular complexity index is 229. The lowest BCUT2D eigenvalue weighted by atomic mass is 9.85. The minimum atomic E-state index is -0.379. The van der Waals surface area contributed by atoms with Crippen molar-refractivity contribution in [1.29, 1.82) is 0 Å². The van der Waals surface area contributed by atoms with Gasteiger partial charge in [-0.15, -0.1) is 0 Å². The minimum Gasteiger partial charge on any atom is -0.466 e. The highest BCUT2D eigenvalue weighted by atomic mass is 16.5. The van der Waals surface area contributed by atoms with E-state index in [4.69, 9.17) is 4.74 Å². The van der Waals surface area contributed by atoms with Crippen LogP contribution >= 0.6 is 0 Å². The molecule has 1 aliphatic rings. The van der Waals surface area contributed by atoms with E-state index < -0.39 is 0 Å². The van der Waals surface area contributed by atoms with Crippen molar-refractivity contribution in [2.24, 2.45) is 5.92 Å². The van der Waals surface area contributed by atoms with Crippen LogP contribution in [0.1, 0.15) is 58.3 Å². The Balaban J connectivity index is 2.11. The Hall–Kier alpha value is -0.860. The van der Waals surface area contributed by atoms with Crippen LogP contribution in [0.5, 0.6) is 0 Å². The molecule has 0 aromatic rings. The molecule has 0 bridgehead atoms. The van der Waals surface area contributed by atoms with Crippen molar-refractivity contribution in [2.75, 3.05) is 6.61 Å². The van der Waals surface area contributed by atoms with Crippen molar-refractivity contribution >= 4 is 11.8 Å². The topological polar surface area (TPSA) is 43.4 Å². The number of carbonyl (C=O) groups excluding carboxylic acids is 2. The van der Waals surface area contributed by atoms with E-state index in [0.29, 0.717) is 18.9 Å². The lowest BCUT2D eigenvalue weighted by Crippen LogP contribution is -2.13. The van der Waals surface area contributed by atoms with Gasteiger partial charge < -0.3 is 4.74 Å². The summed E-state index contributed by atoms with van der Waals surface area (Å²) in [6.45, 7) is 2.11. The molecule has 0 saturated heterocycles. The van der Waals surface area contributed by atoms with E-state index in [9.17, 15) is 9.59 Å². The maximum absolute atomic E-state index is 11.5. The zero-order valence-corrected chi connectivity index (χ0v) is 10.2. The molecule has 1 aliphatic carbocycles. The average Bonchev–Trinajstić information content (AvgIpc) is 2.28. The number of ketones is 1. The number of Topliss-reactive ketones (excluding diaryl/α,β-unsaturated/α-hetero) is 1. The summed E-state index contributed by atoms with van der Waals surface area (Å²) in [6, 6.07) is 0. The first-order valence-corrected chi connectivity index (χ1v) is 6.39. The predicted molar refractivity (Wildman–Crippen MR) is 62.1 cm³/mol. The SMILES string of the molecule is CCOC(=O)CC(=O)CCC1CCCCC1. The van der Waals surface area contributed by atoms with E-state index in [1.54, 1.807) is 6.92 Å². The van der Waals surface area contributed by atoms with E-state index in [1.165, 1.54) is 32.1 Å². The van der Waals surface area contributed by atoms with Gasteiger partial charge in [0, 0.05) is 6.42 Å². The summed E-state index contributed by atoms with van der Waals surface area (Å²) < 4.78 is 4.74. The normalized spacial score (nSPS) is 17.1. The molecule has 0 N–H and O–H groups in total. The molecule has 0 aromatic carbocycles. The van der Waals surface area contributed by atoms with E-state index in [2.05, 4.69) is 0 Å². The summed E-state index contributed by atoms with van der Waals surface area (Å²) in [5.74, 6) is 0.361. The van der Waals surface area contributed by atoms with E-state index >= 15 is 0 Å². The Kier molecular flexibility index (Phi) is 6.12. The number of esters is 1. The van der Waals surface area contributed by atoms with Gasteiger partial charge in [0.25, 0.3) is 0 Å². The molecule has 3 nitrogen and oxygen atoms in total. The fourth-order valence-electron chi connectivity index (χ4n) is 2.30. The van der Waals surface area contributed by atoms with Crippen molar-refractivity contribution < 1.29 is 14.3 Å². The van der Waals surface area contributed by atoms with Crippen molar-refractivity contribution in [3.8, 4) is 0 Å². The van der Waals surface area contributed by atoms with Gasteiger partial charge in [0.1, 0.15) is 12.2 Å². The van der Waals surface area contributed by atoms with Gasteiger partial charge in [-0.05, 0) is 19.3 Å². The van der Waals surface area contributed by atoms with Crippen LogP contribution in [-0.4, -0.2) is 18.4 Å². The predicted octanol–water partition coefficient (Wildman–Crippen LogP) is 2.87. The second-order valence-corrected chi connectivity index (χ2v) is 4.56. The zero-order valence-electron chi connectivity index (χ0n) is 10.2. The molecule has 0 radical (unpaired) electrons. The summed E-state index contributed by atoms with van der Waals surface area (Å²) in [6.07, 6.45) is 7.92. The molecular weight excluding hydrogens is 204 g/mol. The van der Waals surface area contributed by atoms with Crippen LogP contribution in [-0.2, 0) is 14.3 Å². The Morgan fingerprint density at radius 3 is 2.50 bits per heavy atom. The van der Waals surface area contributed by atoms with Gasteiger partial charge in [-0.3, -0.25) is 9.59 Å². The molecule has 0 atom stereocenters. The van der Waals surface area contributed by atoms with Gasteiger partial charge in [0.15, 0.2) is 0 Å². The third-order valence-electron chi connectivity index (χ3n) is 3.20. The molecule has 0 heterocycles. The third kappa shape index (κ3) is 5.29. The van der Waals surface area contributed by atoms with Gasteiger partial charge in [-0.2, -0.15) is 0 Å². The van der Waals surface area contributed by atoms with E-state index in [-0.39, 0.29) is 18.2 Å². The van der Waals surface area contributed by atoms with Crippen molar-refractivity contribution in [3.63, 3.8) is 0 Å². The third-order valence-corrected chi connectivity index (χ3v) is 3.20. The molecule has 16 heavy (non-hydrogen) atoms. The van der Waals surface area contributed by atoms with Gasteiger partial charge in [-0.1, -0.05) is 32.1 Å². The van der Waals surface area contributed by atoms with Crippen LogP contribution < -0.4 is 0 Å². The largest absolute Gasteiger partial charge is 0.466 e. The van der Waals surface area contributed by atoms with Gasteiger partial charge in [-0.25, -0.2) is 0 Å². The van der Waals surface area contributed by atoms with Crippen LogP contribution in [0.3, 0.4) is 0 Å². The standard InChI is InChI=1S/C13H22O3/c1-2-16-13(15)10-12(14)9-8-11-6-4-3-5-7-11/h11H,2-10H2,1H3. The molecule has 3 heteroatoms. The van der Waals surface area contributed by atoms with Gasteiger partial charge >= 0.3 is 5.97 Å². The number of ether oxygens (including phenoxy) is 1. The maximum atomic E-state index is 11.5. The first-order chi connectivity index (χ1) is 7.72. The number of hydrogen-bond acceptors (Lipinski definition) is 3. The van der Waals surface area contributed by atoms with Crippen LogP contribution in [0.25, 0.3) is 0 Å². The second kappa shape index (κ2) is 7.42. The first kappa shape index (κ1) is 13.2. The number of hydrogen-bond donors (Lipinski definition) is 0. The first-order valence-electron chi connectivity index (χ1n) is 6.39. The van der Waals surface area contributed by atoms with Crippen molar-refractivity contribution in [3.05, 3.63) is 0 Å². The summed E-state index contributed by atoms with van der Waals surface area (Å²) in [4.78, 5) is 22.5. The molecular formula is C13H22O3. The molecule has 1 fully saturated rings. The average molecular weight is 226 g/mol. The number of rotatable bonds is 6. The smallest absolute Gasteiger partial charge is 0.313 e. The summed E-state index contributed by atoms with van der Waals surface area (Å²) in [7, 11) is 0. The summed E-state index contributed by atoms with van der Waals surface area (Å²) in [5.41, 5.74) is 0. The van der Waals surface area contributed by atoms with Crippen molar-refractivity contribution in [2.45, 2.75) is 58.3 Å². The molecule has 0 spiro atoms. The molecule has 0 aliphatic heterocycles. The second-order valence-electron chi connectivity index (χ2n) is 4.56. The molecule has 1 saturated carbocycles. The summed E-state index contributed by atoms with van der Waals surface area (Å²) in [5, 5.41) is 0. The molecule has 0 amide bonds. The lowest BCUT2D eigenvalue weighted by Gasteiger charge is -2.20. The highest BCUT2D eigenvalue weighted by Crippen LogP contribution is 2.27. The minimum absolute atomic E-state index is 0.0315. The zero-order chi connectivity index (χ0) is 11.8. The van der Waals surface area contributed by atoms with Crippen LogP contribution in [0.2, 0.25) is 0 Å². The Labute approximate surface area is 97.5 Å². The number of carbonyl (C=O) groups is 2. The van der Waals surface area contributed by atoms with Crippen LogP contribution in [0, 0.1) is 5.92 Å². The Morgan fingerprint density at radius 1 is 1.19 bits per heavy atom. The molecule has 1 rings (SSSR count). The van der Waals surface area contributed by atoms with E-state index in [1.807, 2.05) is 0 Å². The fourth-order valence-corrected chi connectivity index (χ4v) is 2.30.